The molecule has 4 rings (SSSR count). The maximum Gasteiger partial charge on any atom is 0.249 e. The molecule has 7 nitrogen and oxygen atoms in total. The number of nitrogens with zero attached hydrogens (tertiary/aromatic N) is 3. The van der Waals surface area contributed by atoms with E-state index < -0.39 is 0 Å². The van der Waals surface area contributed by atoms with E-state index in [-0.39, 0.29) is 5.56 Å². The van der Waals surface area contributed by atoms with Crippen molar-refractivity contribution in [2.75, 3.05) is 0 Å². The number of aromatic nitrogens is 2. The van der Waals surface area contributed by atoms with Gasteiger partial charge in [-0.2, -0.15) is 5.26 Å². The predicted molar refractivity (Wildman–Crippen MR) is 109 cm³/mol. The zero-order chi connectivity index (χ0) is 19.5. The average molecular weight is 407 g/mol. The Morgan fingerprint density at radius 3 is 2.96 bits per heavy atom. The van der Waals surface area contributed by atoms with E-state index in [1.54, 1.807) is 12.4 Å². The fraction of sp³-hybridized carbons (Fsp3) is 0.0526. The van der Waals surface area contributed by atoms with Gasteiger partial charge in [-0.3, -0.25) is 9.78 Å². The van der Waals surface area contributed by atoms with Gasteiger partial charge in [0.2, 0.25) is 11.4 Å². The second kappa shape index (κ2) is 7.72. The lowest BCUT2D eigenvalue weighted by atomic mass is 10.1. The molecule has 0 aromatic carbocycles. The highest BCUT2D eigenvalue weighted by molar-refractivity contribution is 7.98. The molecule has 0 saturated carbocycles. The van der Waals surface area contributed by atoms with Crippen molar-refractivity contribution in [1.82, 2.24) is 15.3 Å². The summed E-state index contributed by atoms with van der Waals surface area (Å²) in [6, 6.07) is 9.39. The number of hydrogen-bond donors (Lipinski definition) is 2. The minimum atomic E-state index is -0.239. The number of oxime groups is 1. The third-order valence-corrected chi connectivity index (χ3v) is 5.84. The van der Waals surface area contributed by atoms with Gasteiger partial charge < -0.3 is 15.1 Å². The summed E-state index contributed by atoms with van der Waals surface area (Å²) in [6.45, 7) is 3.65. The summed E-state index contributed by atoms with van der Waals surface area (Å²) in [6.07, 6.45) is 3.40. The molecule has 0 radical (unpaired) electrons. The molecule has 138 valence electrons. The molecule has 1 aliphatic rings. The number of aromatic amines is 1. The van der Waals surface area contributed by atoms with E-state index in [0.717, 1.165) is 16.0 Å². The number of hydrogen-bond acceptors (Lipinski definition) is 8. The van der Waals surface area contributed by atoms with E-state index in [4.69, 9.17) is 4.84 Å². The van der Waals surface area contributed by atoms with Gasteiger partial charge in [0, 0.05) is 40.2 Å². The first-order valence-corrected chi connectivity index (χ1v) is 10.00. The van der Waals surface area contributed by atoms with Crippen molar-refractivity contribution in [3.8, 4) is 16.5 Å². The molecule has 2 N–H and O–H groups in total. The summed E-state index contributed by atoms with van der Waals surface area (Å²) in [4.78, 5) is 25.0. The third-order valence-electron chi connectivity index (χ3n) is 3.86. The molecule has 4 heterocycles. The molecular formula is C19H13N5O2S2. The SMILES string of the molecule is C=C1NC(c2cncc(CSc3[nH]c(=O)cc(-c4cccs4)c3C#N)c2)=NO1. The van der Waals surface area contributed by atoms with Crippen molar-refractivity contribution in [1.29, 1.82) is 5.26 Å². The van der Waals surface area contributed by atoms with Crippen LogP contribution in [0.25, 0.3) is 10.4 Å². The molecule has 0 spiro atoms. The van der Waals surface area contributed by atoms with Gasteiger partial charge in [0.15, 0.2) is 5.84 Å². The minimum absolute atomic E-state index is 0.239. The maximum absolute atomic E-state index is 12.1. The number of pyridine rings is 2. The van der Waals surface area contributed by atoms with Crippen molar-refractivity contribution in [2.45, 2.75) is 10.8 Å². The Morgan fingerprint density at radius 2 is 2.25 bits per heavy atom. The van der Waals surface area contributed by atoms with Crippen LogP contribution in [-0.2, 0) is 10.6 Å². The van der Waals surface area contributed by atoms with Crippen molar-refractivity contribution in [3.63, 3.8) is 0 Å². The second-order valence-electron chi connectivity index (χ2n) is 5.79. The van der Waals surface area contributed by atoms with Crippen LogP contribution in [0.3, 0.4) is 0 Å². The topological polar surface area (TPSA) is 103 Å². The molecule has 3 aromatic rings. The van der Waals surface area contributed by atoms with E-state index in [1.165, 1.54) is 29.2 Å². The van der Waals surface area contributed by atoms with Crippen LogP contribution in [0.5, 0.6) is 0 Å². The molecule has 0 fully saturated rings. The van der Waals surface area contributed by atoms with E-state index in [9.17, 15) is 10.1 Å². The molecule has 0 bridgehead atoms. The Bertz CT molecular complexity index is 1180. The first-order chi connectivity index (χ1) is 13.6. The number of thiophene rings is 1. The zero-order valence-corrected chi connectivity index (χ0v) is 16.1. The monoisotopic (exact) mass is 407 g/mol. The molecule has 0 unspecified atom stereocenters. The maximum atomic E-state index is 12.1. The Balaban J connectivity index is 1.60. The Hall–Kier alpha value is -3.35. The van der Waals surface area contributed by atoms with Gasteiger partial charge in [-0.05, 0) is 29.7 Å². The number of nitrogens with one attached hydrogen (secondary N) is 2. The fourth-order valence-electron chi connectivity index (χ4n) is 2.64. The van der Waals surface area contributed by atoms with Gasteiger partial charge in [-0.25, -0.2) is 0 Å². The largest absolute Gasteiger partial charge is 0.337 e. The lowest BCUT2D eigenvalue weighted by Gasteiger charge is -2.08. The standard InChI is InChI=1S/C19H13N5O2S2/c1-11-22-18(24-26-11)13-5-12(8-21-9-13)10-28-19-15(7-20)14(6-17(25)23-19)16-3-2-4-27-16/h2-6,8-9H,1,10H2,(H,22,24)(H,23,25). The van der Waals surface area contributed by atoms with Crippen LogP contribution >= 0.6 is 23.1 Å². The smallest absolute Gasteiger partial charge is 0.249 e. The quantitative estimate of drug-likeness (QED) is 0.628. The molecule has 0 saturated heterocycles. The van der Waals surface area contributed by atoms with Crippen LogP contribution in [-0.4, -0.2) is 15.8 Å². The molecule has 0 amide bonds. The highest BCUT2D eigenvalue weighted by atomic mass is 32.2. The van der Waals surface area contributed by atoms with Crippen LogP contribution in [0.15, 0.2) is 69.5 Å². The van der Waals surface area contributed by atoms with Crippen molar-refractivity contribution in [3.05, 3.63) is 81.5 Å². The van der Waals surface area contributed by atoms with Gasteiger partial charge in [0.1, 0.15) is 6.07 Å². The third kappa shape index (κ3) is 3.69. The van der Waals surface area contributed by atoms with Crippen LogP contribution in [0, 0.1) is 11.3 Å². The summed E-state index contributed by atoms with van der Waals surface area (Å²) in [5, 5.41) is 18.9. The summed E-state index contributed by atoms with van der Waals surface area (Å²) >= 11 is 2.87. The summed E-state index contributed by atoms with van der Waals surface area (Å²) in [5.41, 5.74) is 2.55. The lowest BCUT2D eigenvalue weighted by molar-refractivity contribution is 0.240. The first-order valence-electron chi connectivity index (χ1n) is 8.13. The van der Waals surface area contributed by atoms with Gasteiger partial charge >= 0.3 is 0 Å². The van der Waals surface area contributed by atoms with Gasteiger partial charge in [-0.1, -0.05) is 11.2 Å². The first kappa shape index (κ1) is 18.0. The van der Waals surface area contributed by atoms with Crippen molar-refractivity contribution < 1.29 is 4.84 Å². The Kier molecular flexibility index (Phi) is 4.97. The van der Waals surface area contributed by atoms with Crippen LogP contribution in [0.1, 0.15) is 16.7 Å². The van der Waals surface area contributed by atoms with Gasteiger partial charge in [0.05, 0.1) is 10.6 Å². The average Bonchev–Trinajstić information content (AvgIpc) is 3.38. The summed E-state index contributed by atoms with van der Waals surface area (Å²) < 4.78 is 0. The predicted octanol–water partition coefficient (Wildman–Crippen LogP) is 3.41. The molecule has 9 heteroatoms. The number of amidine groups is 1. The second-order valence-corrected chi connectivity index (χ2v) is 7.72. The number of rotatable bonds is 5. The van der Waals surface area contributed by atoms with Crippen molar-refractivity contribution in [2.24, 2.45) is 5.16 Å². The molecule has 0 aliphatic carbocycles. The molecule has 28 heavy (non-hydrogen) atoms. The lowest BCUT2D eigenvalue weighted by Crippen LogP contribution is -2.17. The van der Waals surface area contributed by atoms with Crippen LogP contribution in [0.4, 0.5) is 0 Å². The van der Waals surface area contributed by atoms with E-state index >= 15 is 0 Å². The highest BCUT2D eigenvalue weighted by Crippen LogP contribution is 2.32. The number of H-pyrrole nitrogens is 1. The van der Waals surface area contributed by atoms with Crippen LogP contribution in [0.2, 0.25) is 0 Å². The van der Waals surface area contributed by atoms with Gasteiger partial charge in [-0.15, -0.1) is 23.1 Å². The van der Waals surface area contributed by atoms with E-state index in [0.29, 0.717) is 33.6 Å². The normalized spacial score (nSPS) is 12.8. The van der Waals surface area contributed by atoms with Crippen LogP contribution < -0.4 is 10.9 Å². The Labute approximate surface area is 168 Å². The van der Waals surface area contributed by atoms with Gasteiger partial charge in [0.25, 0.3) is 0 Å². The summed E-state index contributed by atoms with van der Waals surface area (Å²) in [5.74, 6) is 1.42. The molecule has 0 atom stereocenters. The highest BCUT2D eigenvalue weighted by Gasteiger charge is 2.16. The molecular weight excluding hydrogens is 394 g/mol. The minimum Gasteiger partial charge on any atom is -0.337 e. The summed E-state index contributed by atoms with van der Waals surface area (Å²) in [7, 11) is 0. The van der Waals surface area contributed by atoms with Crippen molar-refractivity contribution >= 4 is 28.9 Å². The number of thioether (sulfide) groups is 1. The Morgan fingerprint density at radius 1 is 1.36 bits per heavy atom. The van der Waals surface area contributed by atoms with E-state index in [2.05, 4.69) is 33.1 Å². The fourth-order valence-corrected chi connectivity index (χ4v) is 4.33. The zero-order valence-electron chi connectivity index (χ0n) is 14.4. The van der Waals surface area contributed by atoms with E-state index in [1.807, 2.05) is 23.6 Å². The molecule has 3 aromatic heterocycles. The number of nitriles is 1. The molecule has 1 aliphatic heterocycles.